The smallest absolute Gasteiger partial charge is 0.0156 e. The van der Waals surface area contributed by atoms with Gasteiger partial charge in [-0.15, -0.1) is 11.3 Å². The number of hydrogen-bond acceptors (Lipinski definition) is 2. The van der Waals surface area contributed by atoms with Crippen molar-refractivity contribution >= 4 is 11.3 Å². The minimum Gasteiger partial charge on any atom is -0.314 e. The third-order valence-electron chi connectivity index (χ3n) is 3.09. The van der Waals surface area contributed by atoms with Crippen LogP contribution in [0.25, 0.3) is 0 Å². The Bertz CT molecular complexity index is 462. The molecule has 1 nitrogen and oxygen atoms in total. The van der Waals surface area contributed by atoms with E-state index in [-0.39, 0.29) is 0 Å². The van der Waals surface area contributed by atoms with Crippen molar-refractivity contribution in [1.29, 1.82) is 0 Å². The molecule has 1 aromatic carbocycles. The van der Waals surface area contributed by atoms with Crippen LogP contribution in [0.3, 0.4) is 0 Å². The van der Waals surface area contributed by atoms with E-state index in [4.69, 9.17) is 0 Å². The van der Waals surface area contributed by atoms with Gasteiger partial charge in [0.1, 0.15) is 0 Å². The fourth-order valence-corrected chi connectivity index (χ4v) is 3.09. The maximum Gasteiger partial charge on any atom is 0.0156 e. The normalized spacial score (nSPS) is 12.6. The Morgan fingerprint density at radius 2 is 2.06 bits per heavy atom. The molecule has 0 saturated carbocycles. The molecule has 0 aliphatic rings. The summed E-state index contributed by atoms with van der Waals surface area (Å²) in [5, 5.41) is 5.75. The molecule has 2 rings (SSSR count). The lowest BCUT2D eigenvalue weighted by Gasteiger charge is -2.17. The highest BCUT2D eigenvalue weighted by Gasteiger charge is 2.10. The van der Waals surface area contributed by atoms with Crippen LogP contribution in [-0.2, 0) is 12.8 Å². The summed E-state index contributed by atoms with van der Waals surface area (Å²) in [4.78, 5) is 1.47. The molecule has 0 saturated heterocycles. The highest BCUT2D eigenvalue weighted by molar-refractivity contribution is 7.09. The summed E-state index contributed by atoms with van der Waals surface area (Å²) in [6, 6.07) is 13.7. The molecule has 0 fully saturated rings. The predicted octanol–water partition coefficient (Wildman–Crippen LogP) is 3.82. The van der Waals surface area contributed by atoms with Gasteiger partial charge in [0.05, 0.1) is 0 Å². The molecular weight excluding hydrogens is 238 g/mol. The van der Waals surface area contributed by atoms with Gasteiger partial charge < -0.3 is 5.32 Å². The molecule has 0 bridgehead atoms. The lowest BCUT2D eigenvalue weighted by Crippen LogP contribution is -2.32. The molecule has 1 heterocycles. The van der Waals surface area contributed by atoms with Crippen LogP contribution in [0.15, 0.2) is 41.8 Å². The summed E-state index contributed by atoms with van der Waals surface area (Å²) in [6.07, 6.45) is 2.23. The van der Waals surface area contributed by atoms with Crippen LogP contribution in [0, 0.1) is 6.92 Å². The summed E-state index contributed by atoms with van der Waals surface area (Å²) in [5.74, 6) is 0. The first-order chi connectivity index (χ1) is 8.78. The van der Waals surface area contributed by atoms with Crippen molar-refractivity contribution in [3.05, 3.63) is 57.8 Å². The third kappa shape index (κ3) is 3.97. The van der Waals surface area contributed by atoms with Crippen LogP contribution in [0.1, 0.15) is 22.9 Å². The van der Waals surface area contributed by atoms with Crippen LogP contribution < -0.4 is 5.32 Å². The predicted molar refractivity (Wildman–Crippen MR) is 80.4 cm³/mol. The summed E-state index contributed by atoms with van der Waals surface area (Å²) in [7, 11) is 0. The van der Waals surface area contributed by atoms with Gasteiger partial charge in [-0.1, -0.05) is 42.8 Å². The van der Waals surface area contributed by atoms with Crippen molar-refractivity contribution in [2.24, 2.45) is 0 Å². The average Bonchev–Trinajstić information content (AvgIpc) is 2.82. The van der Waals surface area contributed by atoms with Crippen LogP contribution in [0.5, 0.6) is 0 Å². The SMILES string of the molecule is CCNC(Cc1cccc(C)c1)Cc1cccs1. The van der Waals surface area contributed by atoms with Crippen LogP contribution in [-0.4, -0.2) is 12.6 Å². The second-order valence-corrected chi connectivity index (χ2v) is 5.76. The van der Waals surface area contributed by atoms with Gasteiger partial charge in [-0.2, -0.15) is 0 Å². The molecule has 0 aliphatic carbocycles. The topological polar surface area (TPSA) is 12.0 Å². The van der Waals surface area contributed by atoms with Gasteiger partial charge in [-0.3, -0.25) is 0 Å². The lowest BCUT2D eigenvalue weighted by atomic mass is 10.0. The molecule has 0 aliphatic heterocycles. The zero-order valence-corrected chi connectivity index (χ0v) is 12.0. The third-order valence-corrected chi connectivity index (χ3v) is 3.98. The zero-order chi connectivity index (χ0) is 12.8. The van der Waals surface area contributed by atoms with Crippen molar-refractivity contribution in [3.8, 4) is 0 Å². The Morgan fingerprint density at radius 3 is 2.72 bits per heavy atom. The van der Waals surface area contributed by atoms with Gasteiger partial charge in [-0.05, 0) is 43.3 Å². The van der Waals surface area contributed by atoms with Crippen LogP contribution in [0.4, 0.5) is 0 Å². The van der Waals surface area contributed by atoms with E-state index in [9.17, 15) is 0 Å². The number of rotatable bonds is 6. The maximum atomic E-state index is 3.60. The summed E-state index contributed by atoms with van der Waals surface area (Å²) in [5.41, 5.74) is 2.77. The summed E-state index contributed by atoms with van der Waals surface area (Å²) in [6.45, 7) is 5.37. The second kappa shape index (κ2) is 6.72. The summed E-state index contributed by atoms with van der Waals surface area (Å²) >= 11 is 1.85. The van der Waals surface area contributed by atoms with Crippen molar-refractivity contribution in [2.45, 2.75) is 32.7 Å². The molecule has 2 aromatic rings. The highest BCUT2D eigenvalue weighted by Crippen LogP contribution is 2.14. The first kappa shape index (κ1) is 13.3. The molecule has 0 spiro atoms. The van der Waals surface area contributed by atoms with Gasteiger partial charge in [0.2, 0.25) is 0 Å². The quantitative estimate of drug-likeness (QED) is 0.831. The zero-order valence-electron chi connectivity index (χ0n) is 11.1. The van der Waals surface area contributed by atoms with E-state index < -0.39 is 0 Å². The fraction of sp³-hybridized carbons (Fsp3) is 0.375. The van der Waals surface area contributed by atoms with E-state index in [2.05, 4.69) is 60.9 Å². The molecular formula is C16H21NS. The van der Waals surface area contributed by atoms with E-state index in [0.717, 1.165) is 19.4 Å². The number of likely N-dealkylation sites (N-methyl/N-ethyl adjacent to an activating group) is 1. The molecule has 1 aromatic heterocycles. The second-order valence-electron chi connectivity index (χ2n) is 4.73. The van der Waals surface area contributed by atoms with E-state index in [1.807, 2.05) is 11.3 Å². The van der Waals surface area contributed by atoms with E-state index in [0.29, 0.717) is 6.04 Å². The Morgan fingerprint density at radius 1 is 1.17 bits per heavy atom. The van der Waals surface area contributed by atoms with E-state index in [1.54, 1.807) is 0 Å². The van der Waals surface area contributed by atoms with Gasteiger partial charge in [-0.25, -0.2) is 0 Å². The van der Waals surface area contributed by atoms with Crippen LogP contribution >= 0.6 is 11.3 Å². The molecule has 1 unspecified atom stereocenters. The lowest BCUT2D eigenvalue weighted by molar-refractivity contribution is 0.524. The van der Waals surface area contributed by atoms with Crippen molar-refractivity contribution in [2.75, 3.05) is 6.54 Å². The maximum absolute atomic E-state index is 3.60. The Kier molecular flexibility index (Phi) is 4.97. The number of hydrogen-bond donors (Lipinski definition) is 1. The highest BCUT2D eigenvalue weighted by atomic mass is 32.1. The van der Waals surface area contributed by atoms with Gasteiger partial charge in [0, 0.05) is 10.9 Å². The molecule has 96 valence electrons. The number of nitrogens with one attached hydrogen (secondary N) is 1. The van der Waals surface area contributed by atoms with Crippen LogP contribution in [0.2, 0.25) is 0 Å². The molecule has 1 atom stereocenters. The standard InChI is InChI=1S/C16H21NS/c1-3-17-15(12-16-8-5-9-18-16)11-14-7-4-6-13(2)10-14/h4-10,15,17H,3,11-12H2,1-2H3. The van der Waals surface area contributed by atoms with Gasteiger partial charge in [0.25, 0.3) is 0 Å². The monoisotopic (exact) mass is 259 g/mol. The first-order valence-corrected chi connectivity index (χ1v) is 7.47. The van der Waals surface area contributed by atoms with Crippen molar-refractivity contribution in [1.82, 2.24) is 5.32 Å². The molecule has 0 amide bonds. The Hall–Kier alpha value is -1.12. The number of benzene rings is 1. The average molecular weight is 259 g/mol. The first-order valence-electron chi connectivity index (χ1n) is 6.59. The van der Waals surface area contributed by atoms with Crippen molar-refractivity contribution < 1.29 is 0 Å². The number of aryl methyl sites for hydroxylation is 1. The van der Waals surface area contributed by atoms with Gasteiger partial charge >= 0.3 is 0 Å². The molecule has 0 radical (unpaired) electrons. The minimum atomic E-state index is 0.537. The Labute approximate surface area is 114 Å². The summed E-state index contributed by atoms with van der Waals surface area (Å²) < 4.78 is 0. The molecule has 1 N–H and O–H groups in total. The fourth-order valence-electron chi connectivity index (χ4n) is 2.30. The minimum absolute atomic E-state index is 0.537. The number of thiophene rings is 1. The molecule has 18 heavy (non-hydrogen) atoms. The van der Waals surface area contributed by atoms with E-state index in [1.165, 1.54) is 16.0 Å². The molecule has 2 heteroatoms. The Balaban J connectivity index is 2.01. The largest absolute Gasteiger partial charge is 0.314 e. The van der Waals surface area contributed by atoms with Crippen molar-refractivity contribution in [3.63, 3.8) is 0 Å². The van der Waals surface area contributed by atoms with E-state index >= 15 is 0 Å². The van der Waals surface area contributed by atoms with Gasteiger partial charge in [0.15, 0.2) is 0 Å².